The summed E-state index contributed by atoms with van der Waals surface area (Å²) in [5.74, 6) is -0.894. The van der Waals surface area contributed by atoms with Gasteiger partial charge in [0, 0.05) is 23.4 Å². The Morgan fingerprint density at radius 1 is 0.720 bits per heavy atom. The lowest BCUT2D eigenvalue weighted by Crippen LogP contribution is -2.48. The molecule has 10 heteroatoms. The fourth-order valence-electron chi connectivity index (χ4n) is 5.64. The number of anilines is 1. The zero-order valence-corrected chi connectivity index (χ0v) is 27.7. The van der Waals surface area contributed by atoms with Gasteiger partial charge in [0.15, 0.2) is 0 Å². The van der Waals surface area contributed by atoms with Crippen LogP contribution in [0.25, 0.3) is 0 Å². The van der Waals surface area contributed by atoms with Crippen LogP contribution in [-0.2, 0) is 24.2 Å². The molecular formula is C40H40N4O6. The summed E-state index contributed by atoms with van der Waals surface area (Å²) in [4.78, 5) is 44.1. The van der Waals surface area contributed by atoms with Crippen LogP contribution in [0.5, 0.6) is 5.75 Å². The third kappa shape index (κ3) is 10.0. The number of nitrogens with zero attached hydrogens (tertiary/aromatic N) is 1. The molecule has 3 unspecified atom stereocenters. The van der Waals surface area contributed by atoms with Gasteiger partial charge in [-0.05, 0) is 73.7 Å². The highest BCUT2D eigenvalue weighted by Crippen LogP contribution is 2.22. The number of pyridine rings is 1. The number of hydrogen-bond acceptors (Lipinski definition) is 7. The van der Waals surface area contributed by atoms with Crippen molar-refractivity contribution in [3.05, 3.63) is 161 Å². The van der Waals surface area contributed by atoms with E-state index in [1.165, 1.54) is 6.07 Å². The molecule has 3 atom stereocenters. The third-order valence-electron chi connectivity index (χ3n) is 8.30. The summed E-state index contributed by atoms with van der Waals surface area (Å²) in [7, 11) is 0. The molecule has 50 heavy (non-hydrogen) atoms. The van der Waals surface area contributed by atoms with Gasteiger partial charge in [0.2, 0.25) is 0 Å². The Bertz CT molecular complexity index is 1870. The first-order valence-electron chi connectivity index (χ1n) is 16.4. The topological polar surface area (TPSA) is 150 Å². The molecule has 5 rings (SSSR count). The van der Waals surface area contributed by atoms with Gasteiger partial charge in [-0.1, -0.05) is 84.9 Å². The first-order chi connectivity index (χ1) is 24.3. The molecule has 0 saturated carbocycles. The summed E-state index contributed by atoms with van der Waals surface area (Å²) in [6.07, 6.45) is 0.592. The number of ether oxygens (including phenoxy) is 1. The molecule has 0 saturated heterocycles. The summed E-state index contributed by atoms with van der Waals surface area (Å²) in [6, 6.07) is 34.4. The Hall–Kier alpha value is -6.00. The number of amides is 3. The maximum atomic E-state index is 13.8. The van der Waals surface area contributed by atoms with E-state index < -0.39 is 36.1 Å². The number of aromatic nitrogens is 1. The third-order valence-corrected chi connectivity index (χ3v) is 8.30. The quantitative estimate of drug-likeness (QED) is 0.0975. The molecule has 5 N–H and O–H groups in total. The minimum Gasteiger partial charge on any atom is -0.508 e. The lowest BCUT2D eigenvalue weighted by atomic mass is 9.93. The largest absolute Gasteiger partial charge is 0.508 e. The Morgan fingerprint density at radius 2 is 1.34 bits per heavy atom. The molecule has 0 fully saturated rings. The van der Waals surface area contributed by atoms with Crippen molar-refractivity contribution < 1.29 is 29.3 Å². The maximum Gasteiger partial charge on any atom is 0.412 e. The summed E-state index contributed by atoms with van der Waals surface area (Å²) in [6.45, 7) is 1.62. The monoisotopic (exact) mass is 672 g/mol. The van der Waals surface area contributed by atoms with Crippen molar-refractivity contribution in [2.45, 2.75) is 51.0 Å². The molecule has 0 spiro atoms. The number of rotatable bonds is 14. The van der Waals surface area contributed by atoms with Gasteiger partial charge in [0.05, 0.1) is 29.1 Å². The van der Waals surface area contributed by atoms with E-state index in [9.17, 15) is 24.6 Å². The fraction of sp³-hybridized carbons (Fsp3) is 0.200. The summed E-state index contributed by atoms with van der Waals surface area (Å²) in [5, 5.41) is 30.6. The second kappa shape index (κ2) is 17.4. The van der Waals surface area contributed by atoms with Crippen LogP contribution in [0, 0.1) is 6.92 Å². The average Bonchev–Trinajstić information content (AvgIpc) is 3.13. The lowest BCUT2D eigenvalue weighted by Gasteiger charge is -2.29. The van der Waals surface area contributed by atoms with Crippen molar-refractivity contribution in [3.8, 4) is 5.75 Å². The van der Waals surface area contributed by atoms with Crippen molar-refractivity contribution in [1.29, 1.82) is 0 Å². The summed E-state index contributed by atoms with van der Waals surface area (Å²) >= 11 is 0. The molecule has 10 nitrogen and oxygen atoms in total. The Morgan fingerprint density at radius 3 is 2.04 bits per heavy atom. The van der Waals surface area contributed by atoms with Crippen LogP contribution in [0.15, 0.2) is 128 Å². The second-order valence-corrected chi connectivity index (χ2v) is 12.0. The number of aliphatic hydroxyl groups is 1. The predicted octanol–water partition coefficient (Wildman–Crippen LogP) is 5.98. The van der Waals surface area contributed by atoms with Crippen LogP contribution in [0.3, 0.4) is 0 Å². The number of aromatic hydroxyl groups is 1. The van der Waals surface area contributed by atoms with Gasteiger partial charge in [0.25, 0.3) is 11.8 Å². The van der Waals surface area contributed by atoms with Crippen molar-refractivity contribution >= 4 is 23.6 Å². The van der Waals surface area contributed by atoms with E-state index in [1.807, 2.05) is 60.7 Å². The van der Waals surface area contributed by atoms with E-state index in [0.29, 0.717) is 29.7 Å². The summed E-state index contributed by atoms with van der Waals surface area (Å²) in [5.41, 5.74) is 3.62. The van der Waals surface area contributed by atoms with Crippen LogP contribution in [0.1, 0.15) is 49.5 Å². The number of carbonyl (C=O) groups excluding carboxylic acids is 3. The smallest absolute Gasteiger partial charge is 0.412 e. The molecular weight excluding hydrogens is 632 g/mol. The molecule has 0 aliphatic heterocycles. The van der Waals surface area contributed by atoms with Gasteiger partial charge < -0.3 is 25.6 Å². The number of aliphatic hydroxyl groups excluding tert-OH is 1. The molecule has 4 aromatic carbocycles. The average molecular weight is 673 g/mol. The highest BCUT2D eigenvalue weighted by atomic mass is 16.5. The number of benzene rings is 4. The minimum absolute atomic E-state index is 0.000295. The van der Waals surface area contributed by atoms with Crippen molar-refractivity contribution in [1.82, 2.24) is 15.6 Å². The molecule has 1 aromatic heterocycles. The number of phenols is 1. The van der Waals surface area contributed by atoms with Gasteiger partial charge in [-0.25, -0.2) is 4.79 Å². The molecule has 5 aromatic rings. The number of phenolic OH excluding ortho intramolecular Hbond substituents is 1. The fourth-order valence-corrected chi connectivity index (χ4v) is 5.64. The van der Waals surface area contributed by atoms with E-state index in [4.69, 9.17) is 4.74 Å². The lowest BCUT2D eigenvalue weighted by molar-refractivity contribution is 0.0755. The SMILES string of the molecule is Cc1c(O)cccc1C(=O)NC(Cc1ccccc1)C(O)CC(Cc1ccccc1)NC(=O)c1ccccc1NC(=O)OCc1ccccn1. The van der Waals surface area contributed by atoms with Gasteiger partial charge in [-0.2, -0.15) is 0 Å². The maximum absolute atomic E-state index is 13.8. The molecule has 0 aliphatic carbocycles. The van der Waals surface area contributed by atoms with Crippen molar-refractivity contribution in [2.75, 3.05) is 5.32 Å². The van der Waals surface area contributed by atoms with Crippen LogP contribution >= 0.6 is 0 Å². The molecule has 0 aliphatic rings. The van der Waals surface area contributed by atoms with Crippen LogP contribution in [-0.4, -0.2) is 51.3 Å². The Labute approximate surface area is 291 Å². The Balaban J connectivity index is 1.34. The van der Waals surface area contributed by atoms with Gasteiger partial charge in [-0.3, -0.25) is 19.9 Å². The highest BCUT2D eigenvalue weighted by molar-refractivity contribution is 6.02. The number of nitrogens with one attached hydrogen (secondary N) is 3. The van der Waals surface area contributed by atoms with Crippen LogP contribution in [0.4, 0.5) is 10.5 Å². The first kappa shape index (κ1) is 35.3. The molecule has 1 heterocycles. The van der Waals surface area contributed by atoms with E-state index in [-0.39, 0.29) is 30.0 Å². The molecule has 0 radical (unpaired) electrons. The predicted molar refractivity (Wildman–Crippen MR) is 191 cm³/mol. The van der Waals surface area contributed by atoms with E-state index >= 15 is 0 Å². The normalized spacial score (nSPS) is 12.6. The van der Waals surface area contributed by atoms with Crippen LogP contribution in [0.2, 0.25) is 0 Å². The van der Waals surface area contributed by atoms with Crippen molar-refractivity contribution in [3.63, 3.8) is 0 Å². The first-order valence-corrected chi connectivity index (χ1v) is 16.4. The minimum atomic E-state index is -1.08. The standard InChI is InChI=1S/C40H40N4O6/c1-27-32(19-12-21-36(27)45)38(47)43-35(24-29-15-6-3-7-16-29)37(46)25-31(23-28-13-4-2-5-14-28)42-39(48)33-18-8-9-20-34(33)44-40(49)50-26-30-17-10-11-22-41-30/h2-22,31,35,37,45-46H,23-26H2,1H3,(H,42,48)(H,43,47)(H,44,49). The Kier molecular flexibility index (Phi) is 12.3. The van der Waals surface area contributed by atoms with Gasteiger partial charge >= 0.3 is 6.09 Å². The van der Waals surface area contributed by atoms with E-state index in [2.05, 4.69) is 20.9 Å². The van der Waals surface area contributed by atoms with Gasteiger partial charge in [-0.15, -0.1) is 0 Å². The molecule has 0 bridgehead atoms. The molecule has 256 valence electrons. The molecule has 3 amide bonds. The zero-order chi connectivity index (χ0) is 35.3. The zero-order valence-electron chi connectivity index (χ0n) is 27.7. The van der Waals surface area contributed by atoms with E-state index in [1.54, 1.807) is 67.7 Å². The van der Waals surface area contributed by atoms with Crippen LogP contribution < -0.4 is 16.0 Å². The second-order valence-electron chi connectivity index (χ2n) is 12.0. The highest BCUT2D eigenvalue weighted by Gasteiger charge is 2.28. The van der Waals surface area contributed by atoms with Gasteiger partial charge in [0.1, 0.15) is 12.4 Å². The van der Waals surface area contributed by atoms with Crippen molar-refractivity contribution in [2.24, 2.45) is 0 Å². The number of hydrogen-bond donors (Lipinski definition) is 5. The number of carbonyl (C=O) groups is 3. The number of para-hydroxylation sites is 1. The summed E-state index contributed by atoms with van der Waals surface area (Å²) < 4.78 is 5.31. The van der Waals surface area contributed by atoms with E-state index in [0.717, 1.165) is 11.1 Å².